The fraction of sp³-hybridized carbons (Fsp3) is 0.294. The second kappa shape index (κ2) is 7.43. The zero-order valence-corrected chi connectivity index (χ0v) is 15.3. The first-order chi connectivity index (χ1) is 10.0. The molecule has 0 aromatic heterocycles. The molecule has 0 radical (unpaired) electrons. The van der Waals surface area contributed by atoms with Crippen LogP contribution in [-0.2, 0) is 0 Å². The minimum atomic E-state index is -0.159. The van der Waals surface area contributed by atoms with E-state index < -0.39 is 0 Å². The van der Waals surface area contributed by atoms with Crippen LogP contribution in [0.25, 0.3) is 0 Å². The molecule has 4 heteroatoms. The molecule has 2 aromatic rings. The zero-order valence-electron chi connectivity index (χ0n) is 12.1. The van der Waals surface area contributed by atoms with Gasteiger partial charge >= 0.3 is 0 Å². The van der Waals surface area contributed by atoms with Crippen molar-refractivity contribution < 1.29 is 4.74 Å². The highest BCUT2D eigenvalue weighted by Gasteiger charge is 2.21. The topological polar surface area (TPSA) is 35.2 Å². The summed E-state index contributed by atoms with van der Waals surface area (Å²) in [5, 5.41) is 0. The summed E-state index contributed by atoms with van der Waals surface area (Å²) in [6.07, 6.45) is 0.695. The standard InChI is InChI=1S/C17H19Br2NO/c1-3-15(20)17(12-6-4-11(2)5-7-12)21-16-9-8-13(18)10-14(16)19/h4-10,15,17H,3,20H2,1-2H3. The van der Waals surface area contributed by atoms with E-state index in [1.807, 2.05) is 18.2 Å². The Hall–Kier alpha value is -0.840. The molecular formula is C17H19Br2NO. The van der Waals surface area contributed by atoms with Crippen molar-refractivity contribution in [2.75, 3.05) is 0 Å². The van der Waals surface area contributed by atoms with E-state index in [0.29, 0.717) is 0 Å². The lowest BCUT2D eigenvalue weighted by Crippen LogP contribution is -2.31. The zero-order chi connectivity index (χ0) is 15.4. The molecule has 0 aliphatic rings. The van der Waals surface area contributed by atoms with Gasteiger partial charge in [-0.15, -0.1) is 0 Å². The first kappa shape index (κ1) is 16.5. The molecule has 21 heavy (non-hydrogen) atoms. The van der Waals surface area contributed by atoms with Crippen molar-refractivity contribution in [3.8, 4) is 5.75 Å². The quantitative estimate of drug-likeness (QED) is 0.715. The monoisotopic (exact) mass is 411 g/mol. The highest BCUT2D eigenvalue weighted by Crippen LogP contribution is 2.33. The number of nitrogens with two attached hydrogens (primary N) is 1. The van der Waals surface area contributed by atoms with Crippen LogP contribution in [0.3, 0.4) is 0 Å². The molecule has 0 spiro atoms. The molecule has 2 aromatic carbocycles. The van der Waals surface area contributed by atoms with E-state index in [4.69, 9.17) is 10.5 Å². The highest BCUT2D eigenvalue weighted by atomic mass is 79.9. The van der Waals surface area contributed by atoms with Gasteiger partial charge in [0.1, 0.15) is 11.9 Å². The smallest absolute Gasteiger partial charge is 0.139 e. The lowest BCUT2D eigenvalue weighted by molar-refractivity contribution is 0.170. The van der Waals surface area contributed by atoms with Crippen LogP contribution < -0.4 is 10.5 Å². The van der Waals surface area contributed by atoms with Gasteiger partial charge < -0.3 is 10.5 Å². The molecule has 0 saturated heterocycles. The summed E-state index contributed by atoms with van der Waals surface area (Å²) in [4.78, 5) is 0. The Bertz CT molecular complexity index is 598. The normalized spacial score (nSPS) is 13.8. The third-order valence-corrected chi connectivity index (χ3v) is 4.53. The summed E-state index contributed by atoms with van der Waals surface area (Å²) in [5.41, 5.74) is 8.60. The molecule has 112 valence electrons. The number of halogens is 2. The van der Waals surface area contributed by atoms with Crippen LogP contribution in [0.4, 0.5) is 0 Å². The van der Waals surface area contributed by atoms with E-state index >= 15 is 0 Å². The maximum atomic E-state index is 6.27. The molecule has 0 amide bonds. The van der Waals surface area contributed by atoms with Gasteiger partial charge in [-0.2, -0.15) is 0 Å². The number of hydrogen-bond acceptors (Lipinski definition) is 2. The Kier molecular flexibility index (Phi) is 5.85. The Labute approximate surface area is 143 Å². The van der Waals surface area contributed by atoms with Crippen molar-refractivity contribution in [2.24, 2.45) is 5.73 Å². The van der Waals surface area contributed by atoms with E-state index in [1.165, 1.54) is 5.56 Å². The van der Waals surface area contributed by atoms with Gasteiger partial charge in [0.15, 0.2) is 0 Å². The Balaban J connectivity index is 2.30. The third kappa shape index (κ3) is 4.31. The van der Waals surface area contributed by atoms with Crippen molar-refractivity contribution in [1.82, 2.24) is 0 Å². The number of rotatable bonds is 5. The van der Waals surface area contributed by atoms with Gasteiger partial charge in [-0.05, 0) is 53.0 Å². The van der Waals surface area contributed by atoms with Crippen molar-refractivity contribution >= 4 is 31.9 Å². The van der Waals surface area contributed by atoms with Crippen molar-refractivity contribution in [3.05, 3.63) is 62.5 Å². The highest BCUT2D eigenvalue weighted by molar-refractivity contribution is 9.11. The first-order valence-corrected chi connectivity index (χ1v) is 8.53. The van der Waals surface area contributed by atoms with Crippen LogP contribution in [0.15, 0.2) is 51.4 Å². The fourth-order valence-electron chi connectivity index (χ4n) is 2.08. The maximum Gasteiger partial charge on any atom is 0.139 e. The summed E-state index contributed by atoms with van der Waals surface area (Å²) in [6.45, 7) is 4.15. The average Bonchev–Trinajstić information content (AvgIpc) is 2.47. The van der Waals surface area contributed by atoms with Gasteiger partial charge in [0.25, 0.3) is 0 Å². The Morgan fingerprint density at radius 3 is 2.33 bits per heavy atom. The summed E-state index contributed by atoms with van der Waals surface area (Å²) in [6, 6.07) is 14.2. The second-order valence-corrected chi connectivity index (χ2v) is 6.87. The number of benzene rings is 2. The van der Waals surface area contributed by atoms with E-state index in [1.54, 1.807) is 0 Å². The molecule has 2 rings (SSSR count). The SMILES string of the molecule is CCC(N)C(Oc1ccc(Br)cc1Br)c1ccc(C)cc1. The summed E-state index contributed by atoms with van der Waals surface area (Å²) < 4.78 is 8.11. The predicted octanol–water partition coefficient (Wildman–Crippen LogP) is 5.38. The lowest BCUT2D eigenvalue weighted by Gasteiger charge is -2.25. The van der Waals surface area contributed by atoms with Gasteiger partial charge in [0.2, 0.25) is 0 Å². The van der Waals surface area contributed by atoms with Crippen LogP contribution in [0.5, 0.6) is 5.75 Å². The van der Waals surface area contributed by atoms with Crippen LogP contribution in [0.2, 0.25) is 0 Å². The van der Waals surface area contributed by atoms with E-state index in [-0.39, 0.29) is 12.1 Å². The molecule has 2 atom stereocenters. The molecule has 0 saturated carbocycles. The molecular weight excluding hydrogens is 394 g/mol. The summed E-state index contributed by atoms with van der Waals surface area (Å²) >= 11 is 6.98. The van der Waals surface area contributed by atoms with Crippen LogP contribution >= 0.6 is 31.9 Å². The number of ether oxygens (including phenoxy) is 1. The molecule has 0 heterocycles. The molecule has 2 nitrogen and oxygen atoms in total. The van der Waals surface area contributed by atoms with Gasteiger partial charge in [-0.3, -0.25) is 0 Å². The molecule has 0 aliphatic carbocycles. The van der Waals surface area contributed by atoms with E-state index in [2.05, 4.69) is 70.0 Å². The average molecular weight is 413 g/mol. The first-order valence-electron chi connectivity index (χ1n) is 6.95. The molecule has 0 bridgehead atoms. The van der Waals surface area contributed by atoms with Gasteiger partial charge in [0.05, 0.1) is 4.47 Å². The van der Waals surface area contributed by atoms with Gasteiger partial charge in [-0.1, -0.05) is 52.7 Å². The molecule has 0 fully saturated rings. The van der Waals surface area contributed by atoms with Crippen LogP contribution in [0, 0.1) is 6.92 Å². The maximum absolute atomic E-state index is 6.27. The number of aryl methyl sites for hydroxylation is 1. The van der Waals surface area contributed by atoms with Gasteiger partial charge in [-0.25, -0.2) is 0 Å². The van der Waals surface area contributed by atoms with E-state index in [0.717, 1.165) is 26.7 Å². The van der Waals surface area contributed by atoms with Crippen molar-refractivity contribution in [1.29, 1.82) is 0 Å². The summed E-state index contributed by atoms with van der Waals surface area (Å²) in [7, 11) is 0. The minimum absolute atomic E-state index is 0.0525. The predicted molar refractivity (Wildman–Crippen MR) is 94.7 cm³/mol. The largest absolute Gasteiger partial charge is 0.483 e. The van der Waals surface area contributed by atoms with Crippen molar-refractivity contribution in [2.45, 2.75) is 32.4 Å². The van der Waals surface area contributed by atoms with E-state index in [9.17, 15) is 0 Å². The Morgan fingerprint density at radius 2 is 1.76 bits per heavy atom. The molecule has 2 unspecified atom stereocenters. The van der Waals surface area contributed by atoms with Gasteiger partial charge in [0, 0.05) is 10.5 Å². The molecule has 2 N–H and O–H groups in total. The molecule has 0 aliphatic heterocycles. The minimum Gasteiger partial charge on any atom is -0.483 e. The Morgan fingerprint density at radius 1 is 1.10 bits per heavy atom. The van der Waals surface area contributed by atoms with Crippen molar-refractivity contribution in [3.63, 3.8) is 0 Å². The fourth-order valence-corrected chi connectivity index (χ4v) is 3.22. The third-order valence-electron chi connectivity index (χ3n) is 3.41. The van der Waals surface area contributed by atoms with Crippen LogP contribution in [-0.4, -0.2) is 6.04 Å². The second-order valence-electron chi connectivity index (χ2n) is 5.10. The number of hydrogen-bond donors (Lipinski definition) is 1. The van der Waals surface area contributed by atoms with Crippen LogP contribution in [0.1, 0.15) is 30.6 Å². The lowest BCUT2D eigenvalue weighted by atomic mass is 10.00. The summed E-state index contributed by atoms with van der Waals surface area (Å²) in [5.74, 6) is 0.799.